The van der Waals surface area contributed by atoms with Crippen LogP contribution in [-0.4, -0.2) is 23.9 Å². The van der Waals surface area contributed by atoms with Crippen LogP contribution in [-0.2, 0) is 0 Å². The molecule has 0 spiro atoms. The van der Waals surface area contributed by atoms with E-state index in [-0.39, 0.29) is 12.4 Å². The second-order valence-electron chi connectivity index (χ2n) is 6.15. The van der Waals surface area contributed by atoms with Gasteiger partial charge in [-0.25, -0.2) is 4.99 Å². The quantitative estimate of drug-likeness (QED) is 0.410. The van der Waals surface area contributed by atoms with Crippen molar-refractivity contribution in [2.24, 2.45) is 4.99 Å². The van der Waals surface area contributed by atoms with Crippen LogP contribution in [0.25, 0.3) is 0 Å². The van der Waals surface area contributed by atoms with E-state index in [4.69, 9.17) is 0 Å². The van der Waals surface area contributed by atoms with Crippen molar-refractivity contribution in [1.82, 2.24) is 0 Å². The van der Waals surface area contributed by atoms with E-state index in [2.05, 4.69) is 32.1 Å². The van der Waals surface area contributed by atoms with Crippen LogP contribution in [0.15, 0.2) is 17.4 Å². The normalized spacial score (nSPS) is 20.9. The molecular formula is C17H33ClN2. The molecule has 0 amide bonds. The van der Waals surface area contributed by atoms with Gasteiger partial charge in [-0.3, -0.25) is 4.48 Å². The number of nitrogens with zero attached hydrogens (tertiary/aromatic N) is 2. The molecule has 0 fully saturated rings. The van der Waals surface area contributed by atoms with E-state index in [0.29, 0.717) is 0 Å². The summed E-state index contributed by atoms with van der Waals surface area (Å²) in [5.41, 5.74) is 0. The van der Waals surface area contributed by atoms with Gasteiger partial charge in [0.25, 0.3) is 0 Å². The van der Waals surface area contributed by atoms with E-state index in [1.54, 1.807) is 0 Å². The first-order valence-electron chi connectivity index (χ1n) is 8.27. The maximum absolute atomic E-state index is 4.36. The Labute approximate surface area is 132 Å². The van der Waals surface area contributed by atoms with Crippen molar-refractivity contribution < 1.29 is 16.9 Å². The summed E-state index contributed by atoms with van der Waals surface area (Å²) in [6.45, 7) is 5.63. The second-order valence-corrected chi connectivity index (χ2v) is 6.15. The first kappa shape index (κ1) is 19.7. The van der Waals surface area contributed by atoms with Crippen LogP contribution < -0.4 is 12.4 Å². The SMILES string of the molecule is CCCCCCCCCCCC[N+]1(C)C=CN=C1C.[Cl-]. The predicted molar refractivity (Wildman–Crippen MR) is 85.1 cm³/mol. The number of hydrogen-bond donors (Lipinski definition) is 0. The molecule has 0 aliphatic carbocycles. The summed E-state index contributed by atoms with van der Waals surface area (Å²) in [6, 6.07) is 0. The molecule has 2 nitrogen and oxygen atoms in total. The Morgan fingerprint density at radius 1 is 0.900 bits per heavy atom. The summed E-state index contributed by atoms with van der Waals surface area (Å²) in [7, 11) is 2.26. The van der Waals surface area contributed by atoms with Gasteiger partial charge in [-0.15, -0.1) is 0 Å². The summed E-state index contributed by atoms with van der Waals surface area (Å²) >= 11 is 0. The van der Waals surface area contributed by atoms with E-state index >= 15 is 0 Å². The summed E-state index contributed by atoms with van der Waals surface area (Å²) < 4.78 is 0.928. The molecule has 20 heavy (non-hydrogen) atoms. The van der Waals surface area contributed by atoms with Crippen molar-refractivity contribution in [1.29, 1.82) is 0 Å². The molecule has 1 aliphatic heterocycles. The molecule has 0 N–H and O–H groups in total. The fourth-order valence-electron chi connectivity index (χ4n) is 2.69. The van der Waals surface area contributed by atoms with Crippen LogP contribution in [0.3, 0.4) is 0 Å². The van der Waals surface area contributed by atoms with Gasteiger partial charge in [0.2, 0.25) is 5.84 Å². The Balaban J connectivity index is 0.00000361. The molecule has 0 bridgehead atoms. The lowest BCUT2D eigenvalue weighted by molar-refractivity contribution is -0.764. The zero-order valence-electron chi connectivity index (χ0n) is 13.7. The molecule has 118 valence electrons. The van der Waals surface area contributed by atoms with E-state index in [1.165, 1.54) is 76.6 Å². The standard InChI is InChI=1S/C17H33N2.ClH/c1-4-5-6-7-8-9-10-11-12-13-15-19(3)16-14-18-17(19)2;/h14,16H,4-13,15H2,1-3H3;1H/q+1;/p-1. The minimum Gasteiger partial charge on any atom is -1.00 e. The second kappa shape index (κ2) is 11.3. The topological polar surface area (TPSA) is 12.4 Å². The van der Waals surface area contributed by atoms with Gasteiger partial charge in [0.1, 0.15) is 6.20 Å². The molecule has 0 saturated carbocycles. The van der Waals surface area contributed by atoms with Crippen molar-refractivity contribution in [2.75, 3.05) is 13.6 Å². The minimum atomic E-state index is 0. The fourth-order valence-corrected chi connectivity index (χ4v) is 2.69. The average molecular weight is 301 g/mol. The molecule has 1 unspecified atom stereocenters. The molecule has 0 radical (unpaired) electrons. The van der Waals surface area contributed by atoms with Gasteiger partial charge in [-0.05, 0) is 12.8 Å². The minimum absolute atomic E-state index is 0. The molecule has 0 aromatic carbocycles. The highest BCUT2D eigenvalue weighted by Gasteiger charge is 2.25. The van der Waals surface area contributed by atoms with E-state index in [0.717, 1.165) is 4.48 Å². The Morgan fingerprint density at radius 2 is 1.40 bits per heavy atom. The maximum Gasteiger partial charge on any atom is 0.204 e. The number of aliphatic imine (C=N–C) groups is 1. The van der Waals surface area contributed by atoms with Gasteiger partial charge < -0.3 is 12.4 Å². The van der Waals surface area contributed by atoms with Gasteiger partial charge >= 0.3 is 0 Å². The number of rotatable bonds is 11. The summed E-state index contributed by atoms with van der Waals surface area (Å²) in [4.78, 5) is 4.36. The zero-order chi connectivity index (χ0) is 14.0. The molecule has 1 aliphatic rings. The Bertz CT molecular complexity index is 299. The van der Waals surface area contributed by atoms with Crippen molar-refractivity contribution in [3.8, 4) is 0 Å². The number of halogens is 1. The van der Waals surface area contributed by atoms with Crippen LogP contribution in [0.1, 0.15) is 78.1 Å². The highest BCUT2D eigenvalue weighted by molar-refractivity contribution is 5.75. The van der Waals surface area contributed by atoms with Crippen LogP contribution in [0, 0.1) is 0 Å². The van der Waals surface area contributed by atoms with Crippen molar-refractivity contribution in [2.45, 2.75) is 78.1 Å². The van der Waals surface area contributed by atoms with Gasteiger partial charge in [-0.1, -0.05) is 58.3 Å². The van der Waals surface area contributed by atoms with Gasteiger partial charge in [0, 0.05) is 6.92 Å². The van der Waals surface area contributed by atoms with Crippen molar-refractivity contribution >= 4 is 5.84 Å². The molecule has 3 heteroatoms. The Kier molecular flexibility index (Phi) is 11.1. The highest BCUT2D eigenvalue weighted by Crippen LogP contribution is 2.16. The smallest absolute Gasteiger partial charge is 0.204 e. The lowest BCUT2D eigenvalue weighted by Crippen LogP contribution is -3.00. The molecular weight excluding hydrogens is 268 g/mol. The number of amidine groups is 1. The highest BCUT2D eigenvalue weighted by atomic mass is 35.5. The zero-order valence-corrected chi connectivity index (χ0v) is 14.5. The third kappa shape index (κ3) is 7.44. The van der Waals surface area contributed by atoms with Crippen LogP contribution >= 0.6 is 0 Å². The lowest BCUT2D eigenvalue weighted by Gasteiger charge is -2.25. The van der Waals surface area contributed by atoms with Gasteiger partial charge in [0.15, 0.2) is 0 Å². The van der Waals surface area contributed by atoms with Crippen LogP contribution in [0.4, 0.5) is 0 Å². The maximum atomic E-state index is 4.36. The van der Waals surface area contributed by atoms with Crippen LogP contribution in [0.2, 0.25) is 0 Å². The first-order chi connectivity index (χ1) is 9.19. The first-order valence-corrected chi connectivity index (χ1v) is 8.27. The Morgan fingerprint density at radius 3 is 1.85 bits per heavy atom. The van der Waals surface area contributed by atoms with Crippen molar-refractivity contribution in [3.63, 3.8) is 0 Å². The van der Waals surface area contributed by atoms with E-state index < -0.39 is 0 Å². The number of unbranched alkanes of at least 4 members (excludes halogenated alkanes) is 9. The average Bonchev–Trinajstić information content (AvgIpc) is 2.72. The summed E-state index contributed by atoms with van der Waals surface area (Å²) in [5, 5.41) is 0. The van der Waals surface area contributed by atoms with Gasteiger partial charge in [-0.2, -0.15) is 0 Å². The van der Waals surface area contributed by atoms with E-state index in [1.807, 2.05) is 6.20 Å². The van der Waals surface area contributed by atoms with Crippen molar-refractivity contribution in [3.05, 3.63) is 12.4 Å². The predicted octanol–water partition coefficient (Wildman–Crippen LogP) is 2.26. The number of hydrogen-bond acceptors (Lipinski definition) is 1. The molecule has 1 heterocycles. The molecule has 1 atom stereocenters. The molecule has 0 aromatic rings. The molecule has 0 saturated heterocycles. The summed E-state index contributed by atoms with van der Waals surface area (Å²) in [6.07, 6.45) is 18.3. The fraction of sp³-hybridized carbons (Fsp3) is 0.824. The summed E-state index contributed by atoms with van der Waals surface area (Å²) in [5.74, 6) is 1.23. The van der Waals surface area contributed by atoms with Gasteiger partial charge in [0.05, 0.1) is 19.8 Å². The molecule has 1 rings (SSSR count). The van der Waals surface area contributed by atoms with Crippen LogP contribution in [0.5, 0.6) is 0 Å². The molecule has 0 aromatic heterocycles. The largest absolute Gasteiger partial charge is 1.00 e. The van der Waals surface area contributed by atoms with E-state index in [9.17, 15) is 0 Å². The monoisotopic (exact) mass is 300 g/mol. The third-order valence-corrected chi connectivity index (χ3v) is 4.37. The third-order valence-electron chi connectivity index (χ3n) is 4.37. The number of quaternary nitrogens is 1. The lowest BCUT2D eigenvalue weighted by atomic mass is 10.1. The Hall–Kier alpha value is -0.340.